The molecule has 1 N–H and O–H groups in total. The van der Waals surface area contributed by atoms with Crippen LogP contribution >= 0.6 is 0 Å². The number of nitrogens with zero attached hydrogens (tertiary/aromatic N) is 1. The highest BCUT2D eigenvalue weighted by Crippen LogP contribution is 2.34. The van der Waals surface area contributed by atoms with Crippen LogP contribution in [-0.2, 0) is 22.6 Å². The summed E-state index contributed by atoms with van der Waals surface area (Å²) in [5, 5.41) is 19.7. The summed E-state index contributed by atoms with van der Waals surface area (Å²) < 4.78 is 11.5. The standard InChI is InChI=1S/C28H27NO5/c1-4-6-25-26(14-13-24(18(2)30)27(25)32)33-17-20-9-11-22(12-10-20)28(34-19(3)31)23-8-5-7-21(15-23)16-29/h5,7-15,28,32H,4,6,17H2,1-3H3/t28-/m0/s1. The molecule has 34 heavy (non-hydrogen) atoms. The van der Waals surface area contributed by atoms with Gasteiger partial charge in [-0.25, -0.2) is 0 Å². The van der Waals surface area contributed by atoms with E-state index in [-0.39, 0.29) is 23.7 Å². The number of esters is 1. The SMILES string of the molecule is CCCc1c(OCc2ccc([C@H](OC(C)=O)c3cccc(C#N)c3)cc2)ccc(C(C)=O)c1O. The third-order valence-corrected chi connectivity index (χ3v) is 5.40. The van der Waals surface area contributed by atoms with E-state index in [1.165, 1.54) is 13.8 Å². The van der Waals surface area contributed by atoms with E-state index in [4.69, 9.17) is 9.47 Å². The van der Waals surface area contributed by atoms with E-state index in [1.807, 2.05) is 37.3 Å². The maximum atomic E-state index is 11.8. The first-order chi connectivity index (χ1) is 16.3. The lowest BCUT2D eigenvalue weighted by atomic mass is 9.98. The van der Waals surface area contributed by atoms with Crippen molar-refractivity contribution in [2.75, 3.05) is 0 Å². The average Bonchev–Trinajstić information content (AvgIpc) is 2.83. The maximum absolute atomic E-state index is 11.8. The van der Waals surface area contributed by atoms with Crippen LogP contribution in [0.15, 0.2) is 60.7 Å². The minimum Gasteiger partial charge on any atom is -0.507 e. The van der Waals surface area contributed by atoms with E-state index < -0.39 is 12.1 Å². The van der Waals surface area contributed by atoms with Crippen molar-refractivity contribution in [3.8, 4) is 17.6 Å². The molecule has 1 atom stereocenters. The van der Waals surface area contributed by atoms with Gasteiger partial charge in [0.05, 0.1) is 17.2 Å². The van der Waals surface area contributed by atoms with Crippen LogP contribution in [0, 0.1) is 11.3 Å². The number of rotatable bonds is 9. The Morgan fingerprint density at radius 2 is 1.76 bits per heavy atom. The van der Waals surface area contributed by atoms with E-state index in [9.17, 15) is 20.0 Å². The van der Waals surface area contributed by atoms with Crippen LogP contribution in [0.4, 0.5) is 0 Å². The molecule has 0 saturated carbocycles. The fraction of sp³-hybridized carbons (Fsp3) is 0.250. The Hall–Kier alpha value is -4.11. The lowest BCUT2D eigenvalue weighted by Crippen LogP contribution is -2.10. The smallest absolute Gasteiger partial charge is 0.303 e. The Morgan fingerprint density at radius 1 is 1.03 bits per heavy atom. The third kappa shape index (κ3) is 5.81. The van der Waals surface area contributed by atoms with Gasteiger partial charge < -0.3 is 14.6 Å². The van der Waals surface area contributed by atoms with Crippen LogP contribution in [0.5, 0.6) is 11.5 Å². The molecule has 3 aromatic rings. The molecule has 174 valence electrons. The summed E-state index contributed by atoms with van der Waals surface area (Å²) >= 11 is 0. The number of carbonyl (C=O) groups is 2. The van der Waals surface area contributed by atoms with Crippen molar-refractivity contribution in [3.05, 3.63) is 94.0 Å². The fourth-order valence-corrected chi connectivity index (χ4v) is 3.74. The molecular formula is C28H27NO5. The normalized spacial score (nSPS) is 11.4. The molecule has 0 aromatic heterocycles. The summed E-state index contributed by atoms with van der Waals surface area (Å²) in [6.07, 6.45) is 0.755. The topological polar surface area (TPSA) is 96.6 Å². The van der Waals surface area contributed by atoms with Crippen molar-refractivity contribution < 1.29 is 24.2 Å². The Balaban J connectivity index is 1.81. The molecule has 0 heterocycles. The number of phenolic OH excluding ortho intramolecular Hbond substituents is 1. The van der Waals surface area contributed by atoms with Gasteiger partial charge in [-0.2, -0.15) is 5.26 Å². The van der Waals surface area contributed by atoms with E-state index in [2.05, 4.69) is 6.07 Å². The van der Waals surface area contributed by atoms with Crippen LogP contribution in [-0.4, -0.2) is 16.9 Å². The number of carbonyl (C=O) groups excluding carboxylic acids is 2. The number of phenols is 1. The molecule has 0 bridgehead atoms. The summed E-state index contributed by atoms with van der Waals surface area (Å²) in [6, 6.07) is 19.8. The van der Waals surface area contributed by atoms with Crippen molar-refractivity contribution in [1.29, 1.82) is 5.26 Å². The molecule has 0 spiro atoms. The monoisotopic (exact) mass is 457 g/mol. The highest BCUT2D eigenvalue weighted by Gasteiger charge is 2.19. The molecule has 3 rings (SSSR count). The van der Waals surface area contributed by atoms with Crippen molar-refractivity contribution in [1.82, 2.24) is 0 Å². The van der Waals surface area contributed by atoms with Crippen LogP contribution in [0.25, 0.3) is 0 Å². The lowest BCUT2D eigenvalue weighted by molar-refractivity contribution is -0.144. The number of Topliss-reactive ketones (excluding diaryl/α,β-unsaturated/α-hetero) is 1. The summed E-state index contributed by atoms with van der Waals surface area (Å²) in [5.74, 6) is -0.0952. The van der Waals surface area contributed by atoms with Crippen molar-refractivity contribution in [3.63, 3.8) is 0 Å². The second-order valence-electron chi connectivity index (χ2n) is 8.00. The van der Waals surface area contributed by atoms with E-state index in [0.29, 0.717) is 28.9 Å². The lowest BCUT2D eigenvalue weighted by Gasteiger charge is -2.19. The highest BCUT2D eigenvalue weighted by atomic mass is 16.5. The third-order valence-electron chi connectivity index (χ3n) is 5.40. The quantitative estimate of drug-likeness (QED) is 0.329. The molecule has 6 nitrogen and oxygen atoms in total. The maximum Gasteiger partial charge on any atom is 0.303 e. The second-order valence-corrected chi connectivity index (χ2v) is 8.00. The number of hydrogen-bond acceptors (Lipinski definition) is 6. The predicted octanol–water partition coefficient (Wildman–Crippen LogP) is 5.65. The van der Waals surface area contributed by atoms with Gasteiger partial charge in [-0.3, -0.25) is 9.59 Å². The molecule has 0 saturated heterocycles. The Kier molecular flexibility index (Phi) is 8.05. The molecular weight excluding hydrogens is 430 g/mol. The zero-order valence-electron chi connectivity index (χ0n) is 19.5. The largest absolute Gasteiger partial charge is 0.507 e. The Morgan fingerprint density at radius 3 is 2.38 bits per heavy atom. The minimum atomic E-state index is -0.631. The van der Waals surface area contributed by atoms with Crippen molar-refractivity contribution in [2.24, 2.45) is 0 Å². The second kappa shape index (κ2) is 11.2. The van der Waals surface area contributed by atoms with Crippen LogP contribution in [0.3, 0.4) is 0 Å². The molecule has 0 amide bonds. The number of benzene rings is 3. The number of aromatic hydroxyl groups is 1. The van der Waals surface area contributed by atoms with Gasteiger partial charge in [0.15, 0.2) is 11.9 Å². The van der Waals surface area contributed by atoms with E-state index >= 15 is 0 Å². The predicted molar refractivity (Wildman–Crippen MR) is 128 cm³/mol. The molecule has 0 aliphatic carbocycles. The first kappa shape index (κ1) is 24.5. The minimum absolute atomic E-state index is 0.0222. The molecule has 3 aromatic carbocycles. The van der Waals surface area contributed by atoms with E-state index in [0.717, 1.165) is 17.5 Å². The first-order valence-corrected chi connectivity index (χ1v) is 11.1. The molecule has 0 radical (unpaired) electrons. The number of ketones is 1. The van der Waals surface area contributed by atoms with Crippen LogP contribution in [0.1, 0.15) is 71.5 Å². The van der Waals surface area contributed by atoms with Gasteiger partial charge in [0.2, 0.25) is 0 Å². The van der Waals surface area contributed by atoms with Crippen molar-refractivity contribution >= 4 is 11.8 Å². The van der Waals surface area contributed by atoms with Gasteiger partial charge in [0.1, 0.15) is 18.1 Å². The van der Waals surface area contributed by atoms with Gasteiger partial charge in [-0.05, 0) is 54.3 Å². The van der Waals surface area contributed by atoms with Gasteiger partial charge in [0, 0.05) is 12.5 Å². The first-order valence-electron chi connectivity index (χ1n) is 11.1. The zero-order valence-corrected chi connectivity index (χ0v) is 19.5. The number of nitriles is 1. The molecule has 0 aliphatic rings. The number of hydrogen-bond donors (Lipinski definition) is 1. The summed E-state index contributed by atoms with van der Waals surface area (Å²) in [6.45, 7) is 5.03. The van der Waals surface area contributed by atoms with Crippen LogP contribution < -0.4 is 4.74 Å². The Labute approximate surface area is 199 Å². The molecule has 0 fully saturated rings. The summed E-state index contributed by atoms with van der Waals surface area (Å²) in [5.41, 5.74) is 3.76. The van der Waals surface area contributed by atoms with Gasteiger partial charge >= 0.3 is 5.97 Å². The van der Waals surface area contributed by atoms with Gasteiger partial charge in [-0.1, -0.05) is 49.7 Å². The summed E-state index contributed by atoms with van der Waals surface area (Å²) in [7, 11) is 0. The van der Waals surface area contributed by atoms with Crippen LogP contribution in [0.2, 0.25) is 0 Å². The number of ether oxygens (including phenoxy) is 2. The van der Waals surface area contributed by atoms with Gasteiger partial charge in [0.25, 0.3) is 0 Å². The molecule has 0 unspecified atom stereocenters. The summed E-state index contributed by atoms with van der Waals surface area (Å²) in [4.78, 5) is 23.5. The molecule has 6 heteroatoms. The Bertz CT molecular complexity index is 1220. The zero-order chi connectivity index (χ0) is 24.7. The van der Waals surface area contributed by atoms with Gasteiger partial charge in [-0.15, -0.1) is 0 Å². The van der Waals surface area contributed by atoms with Crippen molar-refractivity contribution in [2.45, 2.75) is 46.3 Å². The van der Waals surface area contributed by atoms with E-state index in [1.54, 1.807) is 30.3 Å². The highest BCUT2D eigenvalue weighted by molar-refractivity contribution is 5.97. The molecule has 0 aliphatic heterocycles. The average molecular weight is 458 g/mol. The fourth-order valence-electron chi connectivity index (χ4n) is 3.74.